The van der Waals surface area contributed by atoms with Gasteiger partial charge in [0, 0.05) is 7.11 Å². The summed E-state index contributed by atoms with van der Waals surface area (Å²) in [5.41, 5.74) is 8.01. The van der Waals surface area contributed by atoms with Crippen LogP contribution in [0.25, 0.3) is 0 Å². The van der Waals surface area contributed by atoms with Gasteiger partial charge in [0.05, 0.1) is 6.61 Å². The third kappa shape index (κ3) is 4.37. The molecule has 0 aliphatic rings. The summed E-state index contributed by atoms with van der Waals surface area (Å²) in [4.78, 5) is 0. The summed E-state index contributed by atoms with van der Waals surface area (Å²) in [5, 5.41) is 0. The van der Waals surface area contributed by atoms with Gasteiger partial charge in [-0.1, -0.05) is 24.3 Å². The van der Waals surface area contributed by atoms with Crippen LogP contribution in [0, 0.1) is 0 Å². The first-order chi connectivity index (χ1) is 9.81. The first kappa shape index (κ1) is 14.6. The lowest BCUT2D eigenvalue weighted by Crippen LogP contribution is -2.02. The maximum absolute atomic E-state index is 5.85. The van der Waals surface area contributed by atoms with Crippen molar-refractivity contribution in [1.29, 1.82) is 0 Å². The average Bonchev–Trinajstić information content (AvgIpc) is 2.47. The van der Waals surface area contributed by atoms with Crippen molar-refractivity contribution in [1.82, 2.24) is 0 Å². The van der Waals surface area contributed by atoms with Crippen LogP contribution in [0.2, 0.25) is 0 Å². The normalized spacial score (nSPS) is 10.5. The fourth-order valence-electron chi connectivity index (χ4n) is 2.01. The van der Waals surface area contributed by atoms with Crippen LogP contribution in [0.1, 0.15) is 11.1 Å². The van der Waals surface area contributed by atoms with Crippen molar-refractivity contribution in [2.45, 2.75) is 12.8 Å². The zero-order chi connectivity index (χ0) is 14.2. The molecular formula is C17H21NO2. The predicted octanol–water partition coefficient (Wildman–Crippen LogP) is 3.17. The molecule has 0 heterocycles. The Morgan fingerprint density at radius 3 is 2.40 bits per heavy atom. The Balaban J connectivity index is 2.00. The molecule has 0 fully saturated rings. The van der Waals surface area contributed by atoms with E-state index in [1.165, 1.54) is 11.1 Å². The highest BCUT2D eigenvalue weighted by Gasteiger charge is 2.00. The highest BCUT2D eigenvalue weighted by atomic mass is 16.5. The summed E-state index contributed by atoms with van der Waals surface area (Å²) in [6.07, 6.45) is 1.79. The average molecular weight is 271 g/mol. The minimum Gasteiger partial charge on any atom is -0.457 e. The summed E-state index contributed by atoms with van der Waals surface area (Å²) in [6.45, 7) is 1.39. The summed E-state index contributed by atoms with van der Waals surface area (Å²) in [6, 6.07) is 16.2. The van der Waals surface area contributed by atoms with E-state index in [9.17, 15) is 0 Å². The van der Waals surface area contributed by atoms with Crippen molar-refractivity contribution in [3.05, 3.63) is 59.7 Å². The quantitative estimate of drug-likeness (QED) is 0.841. The molecule has 2 aromatic carbocycles. The number of ether oxygens (including phenoxy) is 2. The van der Waals surface area contributed by atoms with E-state index in [-0.39, 0.29) is 0 Å². The Kier molecular flexibility index (Phi) is 5.59. The van der Waals surface area contributed by atoms with Crippen molar-refractivity contribution in [3.8, 4) is 11.5 Å². The fraction of sp³-hybridized carbons (Fsp3) is 0.294. The molecule has 0 saturated carbocycles. The van der Waals surface area contributed by atoms with Crippen molar-refractivity contribution < 1.29 is 9.47 Å². The van der Waals surface area contributed by atoms with Crippen LogP contribution in [0.4, 0.5) is 0 Å². The molecule has 0 unspecified atom stereocenters. The number of benzene rings is 2. The van der Waals surface area contributed by atoms with E-state index in [1.54, 1.807) is 7.11 Å². The molecular weight excluding hydrogens is 250 g/mol. The second-order valence-corrected chi connectivity index (χ2v) is 4.67. The molecule has 0 aromatic heterocycles. The van der Waals surface area contributed by atoms with Crippen molar-refractivity contribution in [3.63, 3.8) is 0 Å². The predicted molar refractivity (Wildman–Crippen MR) is 81.3 cm³/mol. The third-order valence-corrected chi connectivity index (χ3v) is 3.09. The maximum Gasteiger partial charge on any atom is 0.127 e. The van der Waals surface area contributed by atoms with Gasteiger partial charge in [-0.25, -0.2) is 0 Å². The minimum atomic E-state index is 0.650. The van der Waals surface area contributed by atoms with E-state index >= 15 is 0 Å². The highest BCUT2D eigenvalue weighted by Crippen LogP contribution is 2.22. The van der Waals surface area contributed by atoms with Gasteiger partial charge in [-0.15, -0.1) is 0 Å². The van der Waals surface area contributed by atoms with E-state index in [2.05, 4.69) is 18.2 Å². The molecule has 0 bridgehead atoms. The first-order valence-corrected chi connectivity index (χ1v) is 6.86. The summed E-state index contributed by atoms with van der Waals surface area (Å²) < 4.78 is 10.9. The lowest BCUT2D eigenvalue weighted by Gasteiger charge is -2.08. The molecule has 3 nitrogen and oxygen atoms in total. The van der Waals surface area contributed by atoms with Gasteiger partial charge in [0.2, 0.25) is 0 Å². The molecule has 20 heavy (non-hydrogen) atoms. The van der Waals surface area contributed by atoms with Gasteiger partial charge >= 0.3 is 0 Å². The molecule has 0 aliphatic heterocycles. The Labute approximate surface area is 120 Å². The molecule has 0 aliphatic carbocycles. The summed E-state index contributed by atoms with van der Waals surface area (Å²) in [7, 11) is 1.71. The molecule has 0 radical (unpaired) electrons. The fourth-order valence-corrected chi connectivity index (χ4v) is 2.01. The molecule has 0 amide bonds. The van der Waals surface area contributed by atoms with Crippen LogP contribution in [-0.2, 0) is 17.6 Å². The van der Waals surface area contributed by atoms with E-state index < -0.39 is 0 Å². The monoisotopic (exact) mass is 271 g/mol. The first-order valence-electron chi connectivity index (χ1n) is 6.86. The van der Waals surface area contributed by atoms with Crippen LogP contribution < -0.4 is 10.5 Å². The number of rotatable bonds is 7. The van der Waals surface area contributed by atoms with Crippen LogP contribution in [-0.4, -0.2) is 20.3 Å². The second-order valence-electron chi connectivity index (χ2n) is 4.67. The Morgan fingerprint density at radius 2 is 1.70 bits per heavy atom. The Bertz CT molecular complexity index is 523. The number of hydrogen-bond donors (Lipinski definition) is 1. The second kappa shape index (κ2) is 7.68. The standard InChI is InChI=1S/C17H21NO2/c1-19-12-10-14-5-7-16(8-6-14)20-17-4-2-3-15(13-17)9-11-18/h2-8,13H,9-12,18H2,1H3. The molecule has 106 valence electrons. The lowest BCUT2D eigenvalue weighted by atomic mass is 10.1. The van der Waals surface area contributed by atoms with E-state index in [0.717, 1.165) is 30.9 Å². The Hall–Kier alpha value is -1.84. The molecule has 2 rings (SSSR count). The minimum absolute atomic E-state index is 0.650. The van der Waals surface area contributed by atoms with Gasteiger partial charge in [0.1, 0.15) is 11.5 Å². The zero-order valence-corrected chi connectivity index (χ0v) is 11.8. The molecule has 2 N–H and O–H groups in total. The SMILES string of the molecule is COCCc1ccc(Oc2cccc(CCN)c2)cc1. The maximum atomic E-state index is 5.85. The van der Waals surface area contributed by atoms with Crippen LogP contribution in [0.15, 0.2) is 48.5 Å². The topological polar surface area (TPSA) is 44.5 Å². The molecule has 3 heteroatoms. The Morgan fingerprint density at radius 1 is 0.900 bits per heavy atom. The van der Waals surface area contributed by atoms with Crippen molar-refractivity contribution in [2.24, 2.45) is 5.73 Å². The van der Waals surface area contributed by atoms with Gasteiger partial charge in [-0.3, -0.25) is 0 Å². The van der Waals surface area contributed by atoms with Crippen molar-refractivity contribution in [2.75, 3.05) is 20.3 Å². The van der Waals surface area contributed by atoms with Gasteiger partial charge < -0.3 is 15.2 Å². The molecule has 0 atom stereocenters. The van der Waals surface area contributed by atoms with Gasteiger partial charge in [-0.05, 0) is 54.8 Å². The third-order valence-electron chi connectivity index (χ3n) is 3.09. The largest absolute Gasteiger partial charge is 0.457 e. The highest BCUT2D eigenvalue weighted by molar-refractivity contribution is 5.35. The van der Waals surface area contributed by atoms with Crippen molar-refractivity contribution >= 4 is 0 Å². The lowest BCUT2D eigenvalue weighted by molar-refractivity contribution is 0.202. The number of nitrogens with two attached hydrogens (primary N) is 1. The summed E-state index contributed by atoms with van der Waals surface area (Å²) in [5.74, 6) is 1.69. The number of hydrogen-bond acceptors (Lipinski definition) is 3. The van der Waals surface area contributed by atoms with Gasteiger partial charge in [-0.2, -0.15) is 0 Å². The smallest absolute Gasteiger partial charge is 0.127 e. The van der Waals surface area contributed by atoms with Crippen LogP contribution in [0.3, 0.4) is 0 Å². The van der Waals surface area contributed by atoms with Crippen LogP contribution >= 0.6 is 0 Å². The number of methoxy groups -OCH3 is 1. The van der Waals surface area contributed by atoms with E-state index in [0.29, 0.717) is 6.54 Å². The zero-order valence-electron chi connectivity index (χ0n) is 11.8. The van der Waals surface area contributed by atoms with Gasteiger partial charge in [0.25, 0.3) is 0 Å². The van der Waals surface area contributed by atoms with Gasteiger partial charge in [0.15, 0.2) is 0 Å². The van der Waals surface area contributed by atoms with E-state index in [4.69, 9.17) is 15.2 Å². The summed E-state index contributed by atoms with van der Waals surface area (Å²) >= 11 is 0. The van der Waals surface area contributed by atoms with Crippen LogP contribution in [0.5, 0.6) is 11.5 Å². The molecule has 0 saturated heterocycles. The molecule has 0 spiro atoms. The van der Waals surface area contributed by atoms with E-state index in [1.807, 2.05) is 30.3 Å². The molecule has 2 aromatic rings.